The number of esters is 1. The minimum atomic E-state index is -0.385. The smallest absolute Gasteiger partial charge is 0.341 e. The maximum atomic E-state index is 13.5. The molecule has 1 amide bonds. The molecule has 4 heterocycles. The van der Waals surface area contributed by atoms with Crippen LogP contribution in [-0.2, 0) is 17.7 Å². The standard InChI is InChI=1S/C25H30N6O3/c1-3-34-25(33)20-16-26-31(17(20)2)19-12-10-18(11-13-19)24(32)29-15-7-8-21(29)23-28-27-22-9-5-4-6-14-30(22)23/h10-13,16,21H,3-9,14-15H2,1-2H3. The van der Waals surface area contributed by atoms with Crippen molar-refractivity contribution in [3.63, 3.8) is 0 Å². The number of amides is 1. The fourth-order valence-electron chi connectivity index (χ4n) is 5.02. The van der Waals surface area contributed by atoms with Crippen LogP contribution in [0.3, 0.4) is 0 Å². The number of aryl methyl sites for hydroxylation is 1. The van der Waals surface area contributed by atoms with Crippen molar-refractivity contribution in [1.29, 1.82) is 0 Å². The molecule has 5 rings (SSSR count). The highest BCUT2D eigenvalue weighted by atomic mass is 16.5. The van der Waals surface area contributed by atoms with Crippen molar-refractivity contribution in [2.75, 3.05) is 13.2 Å². The van der Waals surface area contributed by atoms with E-state index in [-0.39, 0.29) is 17.9 Å². The van der Waals surface area contributed by atoms with Gasteiger partial charge in [-0.2, -0.15) is 5.10 Å². The van der Waals surface area contributed by atoms with Crippen LogP contribution in [-0.4, -0.2) is 54.5 Å². The summed E-state index contributed by atoms with van der Waals surface area (Å²) in [7, 11) is 0. The summed E-state index contributed by atoms with van der Waals surface area (Å²) in [5.74, 6) is 1.60. The van der Waals surface area contributed by atoms with Gasteiger partial charge in [-0.3, -0.25) is 4.79 Å². The van der Waals surface area contributed by atoms with Crippen LogP contribution in [0.4, 0.5) is 0 Å². The van der Waals surface area contributed by atoms with Crippen LogP contribution in [0.5, 0.6) is 0 Å². The molecule has 2 aliphatic rings. The Morgan fingerprint density at radius 2 is 1.88 bits per heavy atom. The summed E-state index contributed by atoms with van der Waals surface area (Å²) in [6.45, 7) is 5.57. The van der Waals surface area contributed by atoms with Crippen molar-refractivity contribution in [3.8, 4) is 5.69 Å². The Kier molecular flexibility index (Phi) is 6.17. The lowest BCUT2D eigenvalue weighted by molar-refractivity contribution is 0.0525. The number of rotatable bonds is 5. The van der Waals surface area contributed by atoms with Gasteiger partial charge < -0.3 is 14.2 Å². The van der Waals surface area contributed by atoms with Gasteiger partial charge in [-0.15, -0.1) is 10.2 Å². The Hall–Kier alpha value is -3.49. The van der Waals surface area contributed by atoms with E-state index < -0.39 is 0 Å². The molecule has 0 N–H and O–H groups in total. The van der Waals surface area contributed by atoms with Crippen LogP contribution in [0.2, 0.25) is 0 Å². The second-order valence-electron chi connectivity index (χ2n) is 8.92. The normalized spacial score (nSPS) is 17.9. The van der Waals surface area contributed by atoms with E-state index in [0.29, 0.717) is 30.0 Å². The molecule has 0 spiro atoms. The second-order valence-corrected chi connectivity index (χ2v) is 8.92. The van der Waals surface area contributed by atoms with Crippen LogP contribution >= 0.6 is 0 Å². The first-order chi connectivity index (χ1) is 16.6. The van der Waals surface area contributed by atoms with Gasteiger partial charge in [-0.05, 0) is 63.8 Å². The van der Waals surface area contributed by atoms with Crippen molar-refractivity contribution < 1.29 is 14.3 Å². The monoisotopic (exact) mass is 462 g/mol. The van der Waals surface area contributed by atoms with E-state index in [9.17, 15) is 9.59 Å². The van der Waals surface area contributed by atoms with E-state index in [1.807, 2.05) is 36.1 Å². The van der Waals surface area contributed by atoms with Crippen molar-refractivity contribution in [2.24, 2.45) is 0 Å². The van der Waals surface area contributed by atoms with E-state index in [1.165, 1.54) is 12.6 Å². The molecule has 1 unspecified atom stereocenters. The summed E-state index contributed by atoms with van der Waals surface area (Å²) in [5.41, 5.74) is 2.55. The van der Waals surface area contributed by atoms with Crippen molar-refractivity contribution >= 4 is 11.9 Å². The van der Waals surface area contributed by atoms with Gasteiger partial charge in [0.15, 0.2) is 5.82 Å². The third kappa shape index (κ3) is 3.99. The lowest BCUT2D eigenvalue weighted by atomic mass is 10.1. The molecule has 2 aliphatic heterocycles. The molecule has 34 heavy (non-hydrogen) atoms. The molecular formula is C25H30N6O3. The average Bonchev–Trinajstić information content (AvgIpc) is 3.53. The fraction of sp³-hybridized carbons (Fsp3) is 0.480. The molecule has 1 aromatic carbocycles. The maximum absolute atomic E-state index is 13.5. The second kappa shape index (κ2) is 9.40. The number of carbonyl (C=O) groups excluding carboxylic acids is 2. The largest absolute Gasteiger partial charge is 0.462 e. The zero-order chi connectivity index (χ0) is 23.7. The molecule has 178 valence electrons. The molecule has 0 bridgehead atoms. The number of hydrogen-bond acceptors (Lipinski definition) is 6. The fourth-order valence-corrected chi connectivity index (χ4v) is 5.02. The van der Waals surface area contributed by atoms with Gasteiger partial charge in [-0.1, -0.05) is 6.42 Å². The first-order valence-electron chi connectivity index (χ1n) is 12.1. The summed E-state index contributed by atoms with van der Waals surface area (Å²) < 4.78 is 9.02. The Morgan fingerprint density at radius 1 is 1.06 bits per heavy atom. The summed E-state index contributed by atoms with van der Waals surface area (Å²) >= 11 is 0. The number of likely N-dealkylation sites (tertiary alicyclic amines) is 1. The van der Waals surface area contributed by atoms with Crippen LogP contribution in [0.25, 0.3) is 5.69 Å². The van der Waals surface area contributed by atoms with Gasteiger partial charge in [0, 0.05) is 25.1 Å². The minimum absolute atomic E-state index is 0.00409. The van der Waals surface area contributed by atoms with Crippen molar-refractivity contribution in [2.45, 2.75) is 65.0 Å². The highest BCUT2D eigenvalue weighted by Gasteiger charge is 2.35. The number of hydrogen-bond donors (Lipinski definition) is 0. The summed E-state index contributed by atoms with van der Waals surface area (Å²) in [5, 5.41) is 13.3. The molecule has 0 aliphatic carbocycles. The quantitative estimate of drug-likeness (QED) is 0.537. The number of fused-ring (bicyclic) bond motifs is 1. The van der Waals surface area contributed by atoms with Gasteiger partial charge in [0.1, 0.15) is 11.4 Å². The predicted molar refractivity (Wildman–Crippen MR) is 125 cm³/mol. The highest BCUT2D eigenvalue weighted by Crippen LogP contribution is 2.33. The first kappa shape index (κ1) is 22.3. The Morgan fingerprint density at radius 3 is 2.68 bits per heavy atom. The zero-order valence-electron chi connectivity index (χ0n) is 19.7. The first-order valence-corrected chi connectivity index (χ1v) is 12.1. The summed E-state index contributed by atoms with van der Waals surface area (Å²) in [6, 6.07) is 7.32. The predicted octanol–water partition coefficient (Wildman–Crippen LogP) is 3.65. The lowest BCUT2D eigenvalue weighted by Gasteiger charge is -2.25. The molecule has 9 heteroatoms. The van der Waals surface area contributed by atoms with Crippen LogP contribution in [0, 0.1) is 6.92 Å². The van der Waals surface area contributed by atoms with E-state index in [1.54, 1.807) is 11.6 Å². The molecule has 2 aromatic heterocycles. The van der Waals surface area contributed by atoms with Gasteiger partial charge in [0.05, 0.1) is 30.2 Å². The van der Waals surface area contributed by atoms with E-state index in [2.05, 4.69) is 19.9 Å². The molecule has 1 saturated heterocycles. The third-order valence-corrected chi connectivity index (χ3v) is 6.81. The number of ether oxygens (including phenoxy) is 1. The lowest BCUT2D eigenvalue weighted by Crippen LogP contribution is -2.32. The van der Waals surface area contributed by atoms with Crippen molar-refractivity contribution in [1.82, 2.24) is 29.4 Å². The molecular weight excluding hydrogens is 432 g/mol. The number of benzene rings is 1. The van der Waals surface area contributed by atoms with Crippen LogP contribution in [0.1, 0.15) is 83.1 Å². The maximum Gasteiger partial charge on any atom is 0.341 e. The van der Waals surface area contributed by atoms with Gasteiger partial charge in [0.2, 0.25) is 0 Å². The molecule has 1 atom stereocenters. The topological polar surface area (TPSA) is 95.1 Å². The molecule has 3 aromatic rings. The van der Waals surface area contributed by atoms with Crippen LogP contribution in [0.15, 0.2) is 30.5 Å². The number of aromatic nitrogens is 5. The number of carbonyl (C=O) groups is 2. The Bertz CT molecular complexity index is 1200. The Labute approximate surface area is 198 Å². The van der Waals surface area contributed by atoms with Crippen LogP contribution < -0.4 is 0 Å². The SMILES string of the molecule is CCOC(=O)c1cnn(-c2ccc(C(=O)N3CCCC3c3nnc4n3CCCCC4)cc2)c1C. The van der Waals surface area contributed by atoms with E-state index >= 15 is 0 Å². The average molecular weight is 463 g/mol. The Balaban J connectivity index is 1.36. The van der Waals surface area contributed by atoms with Gasteiger partial charge in [-0.25, -0.2) is 9.48 Å². The molecule has 1 fully saturated rings. The molecule has 0 radical (unpaired) electrons. The zero-order valence-corrected chi connectivity index (χ0v) is 19.7. The van der Waals surface area contributed by atoms with Gasteiger partial charge >= 0.3 is 5.97 Å². The number of nitrogens with zero attached hydrogens (tertiary/aromatic N) is 6. The van der Waals surface area contributed by atoms with Crippen molar-refractivity contribution in [3.05, 3.63) is 58.9 Å². The summed E-state index contributed by atoms with van der Waals surface area (Å²) in [4.78, 5) is 27.5. The van der Waals surface area contributed by atoms with E-state index in [4.69, 9.17) is 4.74 Å². The summed E-state index contributed by atoms with van der Waals surface area (Å²) in [6.07, 6.45) is 7.83. The third-order valence-electron chi connectivity index (χ3n) is 6.81. The van der Waals surface area contributed by atoms with E-state index in [0.717, 1.165) is 56.0 Å². The van der Waals surface area contributed by atoms with Gasteiger partial charge in [0.25, 0.3) is 5.91 Å². The minimum Gasteiger partial charge on any atom is -0.462 e. The highest BCUT2D eigenvalue weighted by molar-refractivity contribution is 5.95. The molecule has 9 nitrogen and oxygen atoms in total. The molecule has 0 saturated carbocycles.